The van der Waals surface area contributed by atoms with Gasteiger partial charge in [0.05, 0.1) is 29.6 Å². The van der Waals surface area contributed by atoms with Gasteiger partial charge in [0.15, 0.2) is 5.65 Å². The van der Waals surface area contributed by atoms with Crippen LogP contribution in [0.2, 0.25) is 0 Å². The van der Waals surface area contributed by atoms with Gasteiger partial charge in [-0.15, -0.1) is 11.8 Å². The third-order valence-electron chi connectivity index (χ3n) is 6.26. The number of nitrogens with one attached hydrogen (secondary N) is 4. The SMILES string of the molecule is CCCNCc1ncc(-c2ccc(-c3ccc(-c4cnc5nc(C6NCCS6)[nH]c5c4)nc3)cc2)[nH]1. The maximum Gasteiger partial charge on any atom is 0.177 e. The topological polar surface area (TPSA) is 107 Å². The Balaban J connectivity index is 1.16. The Bertz CT molecular complexity index is 1450. The average molecular weight is 497 g/mol. The van der Waals surface area contributed by atoms with Gasteiger partial charge in [0.1, 0.15) is 17.0 Å². The average Bonchev–Trinajstić information content (AvgIpc) is 3.70. The fourth-order valence-electron chi connectivity index (χ4n) is 4.34. The number of H-pyrrole nitrogens is 2. The first kappa shape index (κ1) is 22.9. The molecular formula is C27H28N8S. The van der Waals surface area contributed by atoms with Crippen molar-refractivity contribution < 1.29 is 0 Å². The van der Waals surface area contributed by atoms with E-state index in [1.165, 1.54) is 0 Å². The largest absolute Gasteiger partial charge is 0.341 e. The van der Waals surface area contributed by atoms with Crippen LogP contribution in [0.5, 0.6) is 0 Å². The molecular weight excluding hydrogens is 468 g/mol. The molecule has 1 aliphatic rings. The number of imidazole rings is 2. The molecule has 182 valence electrons. The predicted octanol–water partition coefficient (Wildman–Crippen LogP) is 4.91. The van der Waals surface area contributed by atoms with Crippen molar-refractivity contribution in [2.24, 2.45) is 0 Å². The first-order chi connectivity index (χ1) is 17.8. The molecule has 5 aromatic rings. The maximum atomic E-state index is 4.72. The van der Waals surface area contributed by atoms with Crippen LogP contribution in [0.4, 0.5) is 0 Å². The van der Waals surface area contributed by atoms with Crippen molar-refractivity contribution in [2.45, 2.75) is 25.3 Å². The van der Waals surface area contributed by atoms with E-state index in [-0.39, 0.29) is 5.37 Å². The van der Waals surface area contributed by atoms with E-state index >= 15 is 0 Å². The molecule has 1 aromatic carbocycles. The molecule has 0 bridgehead atoms. The summed E-state index contributed by atoms with van der Waals surface area (Å²) in [7, 11) is 0. The van der Waals surface area contributed by atoms with E-state index in [0.29, 0.717) is 0 Å². The van der Waals surface area contributed by atoms with Gasteiger partial charge in [-0.25, -0.2) is 15.0 Å². The van der Waals surface area contributed by atoms with Crippen molar-refractivity contribution in [3.63, 3.8) is 0 Å². The third kappa shape index (κ3) is 4.77. The summed E-state index contributed by atoms with van der Waals surface area (Å²) in [4.78, 5) is 25.2. The molecule has 6 rings (SSSR count). The van der Waals surface area contributed by atoms with E-state index in [4.69, 9.17) is 4.98 Å². The molecule has 8 nitrogen and oxygen atoms in total. The highest BCUT2D eigenvalue weighted by Crippen LogP contribution is 2.30. The molecule has 0 aliphatic carbocycles. The fourth-order valence-corrected chi connectivity index (χ4v) is 5.32. The number of hydrogen-bond acceptors (Lipinski definition) is 7. The van der Waals surface area contributed by atoms with Crippen LogP contribution < -0.4 is 10.6 Å². The Morgan fingerprint density at radius 1 is 0.917 bits per heavy atom. The Kier molecular flexibility index (Phi) is 6.50. The zero-order chi connectivity index (χ0) is 24.3. The Labute approximate surface area is 213 Å². The number of thioether (sulfide) groups is 1. The zero-order valence-electron chi connectivity index (χ0n) is 20.1. The van der Waals surface area contributed by atoms with E-state index < -0.39 is 0 Å². The standard InChI is InChI=1S/C27H28N8S/c1-2-9-28-16-24-31-15-23(33-24)18-5-3-17(4-6-18)19-7-8-21(30-13-19)20-12-22-25(32-14-20)35-26(34-22)27-29-10-11-36-27/h3-8,12-15,27-29H,2,9-11,16H2,1H3,(H,31,33)(H,32,34,35). The quantitative estimate of drug-likeness (QED) is 0.226. The van der Waals surface area contributed by atoms with Crippen molar-refractivity contribution in [2.75, 3.05) is 18.8 Å². The molecule has 0 spiro atoms. The van der Waals surface area contributed by atoms with E-state index in [0.717, 1.165) is 88.3 Å². The molecule has 0 saturated carbocycles. The van der Waals surface area contributed by atoms with Gasteiger partial charge in [0.25, 0.3) is 0 Å². The number of pyridine rings is 2. The van der Waals surface area contributed by atoms with Crippen LogP contribution in [-0.4, -0.2) is 48.7 Å². The Morgan fingerprint density at radius 3 is 2.53 bits per heavy atom. The smallest absolute Gasteiger partial charge is 0.177 e. The van der Waals surface area contributed by atoms with Crippen LogP contribution in [0.25, 0.3) is 44.8 Å². The second-order valence-corrected chi connectivity index (χ2v) is 10.1. The molecule has 9 heteroatoms. The van der Waals surface area contributed by atoms with Crippen molar-refractivity contribution >= 4 is 22.9 Å². The minimum absolute atomic E-state index is 0.213. The minimum atomic E-state index is 0.213. The number of hydrogen-bond donors (Lipinski definition) is 4. The van der Waals surface area contributed by atoms with Gasteiger partial charge in [-0.3, -0.25) is 10.3 Å². The highest BCUT2D eigenvalue weighted by molar-refractivity contribution is 7.99. The third-order valence-corrected chi connectivity index (χ3v) is 7.42. The Morgan fingerprint density at radius 2 is 1.75 bits per heavy atom. The summed E-state index contributed by atoms with van der Waals surface area (Å²) in [6.45, 7) is 4.91. The van der Waals surface area contributed by atoms with E-state index in [2.05, 4.69) is 78.9 Å². The van der Waals surface area contributed by atoms with Gasteiger partial charge >= 0.3 is 0 Å². The second-order valence-electron chi connectivity index (χ2n) is 8.85. The van der Waals surface area contributed by atoms with Crippen LogP contribution in [0.1, 0.15) is 30.4 Å². The van der Waals surface area contributed by atoms with Crippen molar-refractivity contribution in [1.82, 2.24) is 40.5 Å². The molecule has 5 heterocycles. The second kappa shape index (κ2) is 10.2. The Hall–Kier alpha value is -3.53. The van der Waals surface area contributed by atoms with Crippen LogP contribution in [-0.2, 0) is 6.54 Å². The van der Waals surface area contributed by atoms with Gasteiger partial charge in [0, 0.05) is 35.8 Å². The zero-order valence-corrected chi connectivity index (χ0v) is 20.9. The summed E-state index contributed by atoms with van der Waals surface area (Å²) < 4.78 is 0. The summed E-state index contributed by atoms with van der Waals surface area (Å²) in [6, 6.07) is 14.7. The highest BCUT2D eigenvalue weighted by atomic mass is 32.2. The predicted molar refractivity (Wildman–Crippen MR) is 145 cm³/mol. The van der Waals surface area contributed by atoms with Crippen molar-refractivity contribution in [3.05, 3.63) is 72.7 Å². The van der Waals surface area contributed by atoms with Crippen LogP contribution in [0, 0.1) is 0 Å². The molecule has 0 amide bonds. The monoisotopic (exact) mass is 496 g/mol. The van der Waals surface area contributed by atoms with Crippen LogP contribution in [0.15, 0.2) is 61.1 Å². The first-order valence-electron chi connectivity index (χ1n) is 12.3. The molecule has 1 saturated heterocycles. The van der Waals surface area contributed by atoms with E-state index in [1.54, 1.807) is 0 Å². The van der Waals surface area contributed by atoms with Gasteiger partial charge in [-0.1, -0.05) is 37.3 Å². The number of fused-ring (bicyclic) bond motifs is 1. The molecule has 0 radical (unpaired) electrons. The van der Waals surface area contributed by atoms with Gasteiger partial charge in [0.2, 0.25) is 0 Å². The fraction of sp³-hybridized carbons (Fsp3) is 0.259. The van der Waals surface area contributed by atoms with E-state index in [9.17, 15) is 0 Å². The van der Waals surface area contributed by atoms with E-state index in [1.807, 2.05) is 36.4 Å². The number of aromatic amines is 2. The summed E-state index contributed by atoms with van der Waals surface area (Å²) >= 11 is 1.86. The molecule has 1 aliphatic heterocycles. The summed E-state index contributed by atoms with van der Waals surface area (Å²) in [5, 5.41) is 7.03. The number of benzene rings is 1. The highest BCUT2D eigenvalue weighted by Gasteiger charge is 2.20. The summed E-state index contributed by atoms with van der Waals surface area (Å²) in [5.41, 5.74) is 7.85. The van der Waals surface area contributed by atoms with Gasteiger partial charge in [-0.2, -0.15) is 0 Å². The summed E-state index contributed by atoms with van der Waals surface area (Å²) in [6.07, 6.45) is 6.76. The normalized spacial score (nSPS) is 15.6. The number of rotatable bonds is 8. The lowest BCUT2D eigenvalue weighted by Crippen LogP contribution is -2.14. The molecule has 1 unspecified atom stereocenters. The lowest BCUT2D eigenvalue weighted by molar-refractivity contribution is 0.655. The number of nitrogens with zero attached hydrogens (tertiary/aromatic N) is 4. The van der Waals surface area contributed by atoms with Crippen molar-refractivity contribution in [1.29, 1.82) is 0 Å². The lowest BCUT2D eigenvalue weighted by Gasteiger charge is -2.05. The first-order valence-corrected chi connectivity index (χ1v) is 13.3. The summed E-state index contributed by atoms with van der Waals surface area (Å²) in [5.74, 6) is 2.99. The minimum Gasteiger partial charge on any atom is -0.341 e. The lowest BCUT2D eigenvalue weighted by atomic mass is 10.0. The molecule has 4 N–H and O–H groups in total. The maximum absolute atomic E-state index is 4.72. The molecule has 36 heavy (non-hydrogen) atoms. The molecule has 1 atom stereocenters. The number of aromatic nitrogens is 6. The van der Waals surface area contributed by atoms with Crippen molar-refractivity contribution in [3.8, 4) is 33.6 Å². The molecule has 4 aromatic heterocycles. The van der Waals surface area contributed by atoms with Gasteiger partial charge < -0.3 is 15.3 Å². The van der Waals surface area contributed by atoms with Crippen LogP contribution in [0.3, 0.4) is 0 Å². The van der Waals surface area contributed by atoms with Crippen LogP contribution >= 0.6 is 11.8 Å². The molecule has 1 fully saturated rings. The van der Waals surface area contributed by atoms with Gasteiger partial charge in [-0.05, 0) is 36.2 Å².